The van der Waals surface area contributed by atoms with Crippen molar-refractivity contribution >= 4 is 43.4 Å². The third-order valence-electron chi connectivity index (χ3n) is 12.2. The number of aromatic nitrogens is 4. The van der Waals surface area contributed by atoms with Crippen molar-refractivity contribution in [2.24, 2.45) is 0 Å². The molecule has 0 bridgehead atoms. The molecule has 0 aliphatic heterocycles. The monoisotopic (exact) mass is 802 g/mol. The first-order valence-corrected chi connectivity index (χ1v) is 21.4. The van der Waals surface area contributed by atoms with Crippen molar-refractivity contribution in [3.8, 4) is 73.2 Å². The van der Waals surface area contributed by atoms with Crippen molar-refractivity contribution < 1.29 is 0 Å². The molecule has 0 saturated heterocycles. The maximum absolute atomic E-state index is 5.24. The number of hydrogen-bond acceptors (Lipinski definition) is 3. The van der Waals surface area contributed by atoms with E-state index < -0.39 is 0 Å². The van der Waals surface area contributed by atoms with E-state index in [4.69, 9.17) is 15.0 Å². The molecule has 4 nitrogen and oxygen atoms in total. The average Bonchev–Trinajstić information content (AvgIpc) is 3.71. The SMILES string of the molecule is c1ccc(-c2nc(-c3ccc(-c4cc5ccccc5c5ccccc45)cc3)nc(-c3ccc(-n4c5ccccc5c5cccc(-c6ccccc6)c54)c(-c4ccccc4)c3)n2)cc1. The highest BCUT2D eigenvalue weighted by Gasteiger charge is 2.21. The molecule has 0 unspecified atom stereocenters. The van der Waals surface area contributed by atoms with Crippen molar-refractivity contribution in [3.05, 3.63) is 231 Å². The fourth-order valence-corrected chi connectivity index (χ4v) is 9.28. The Bertz CT molecular complexity index is 3650. The minimum atomic E-state index is 0.611. The molecule has 10 aromatic carbocycles. The Kier molecular flexibility index (Phi) is 8.79. The molecule has 63 heavy (non-hydrogen) atoms. The minimum absolute atomic E-state index is 0.611. The summed E-state index contributed by atoms with van der Waals surface area (Å²) in [6.45, 7) is 0. The second kappa shape index (κ2) is 15.2. The van der Waals surface area contributed by atoms with Crippen LogP contribution >= 0.6 is 0 Å². The first-order chi connectivity index (χ1) is 31.2. The summed E-state index contributed by atoms with van der Waals surface area (Å²) in [5, 5.41) is 7.38. The van der Waals surface area contributed by atoms with Crippen molar-refractivity contribution in [3.63, 3.8) is 0 Å². The lowest BCUT2D eigenvalue weighted by Gasteiger charge is -2.17. The van der Waals surface area contributed by atoms with Crippen LogP contribution < -0.4 is 0 Å². The van der Waals surface area contributed by atoms with Gasteiger partial charge in [-0.05, 0) is 74.1 Å². The summed E-state index contributed by atoms with van der Waals surface area (Å²) < 4.78 is 2.44. The van der Waals surface area contributed by atoms with E-state index in [1.54, 1.807) is 0 Å². The molecule has 0 atom stereocenters. The van der Waals surface area contributed by atoms with Crippen LogP contribution in [0.4, 0.5) is 0 Å². The van der Waals surface area contributed by atoms with Gasteiger partial charge in [-0.2, -0.15) is 0 Å². The van der Waals surface area contributed by atoms with Gasteiger partial charge in [0.25, 0.3) is 0 Å². The fourth-order valence-electron chi connectivity index (χ4n) is 9.28. The molecule has 0 radical (unpaired) electrons. The van der Waals surface area contributed by atoms with Crippen molar-refractivity contribution in [1.82, 2.24) is 19.5 Å². The van der Waals surface area contributed by atoms with Gasteiger partial charge in [0.05, 0.1) is 16.7 Å². The molecule has 0 amide bonds. The molecule has 0 aliphatic rings. The summed E-state index contributed by atoms with van der Waals surface area (Å²) >= 11 is 0. The van der Waals surface area contributed by atoms with E-state index in [0.29, 0.717) is 17.5 Å². The van der Waals surface area contributed by atoms with Gasteiger partial charge in [0.1, 0.15) is 0 Å². The lowest BCUT2D eigenvalue weighted by atomic mass is 9.93. The maximum atomic E-state index is 5.24. The van der Waals surface area contributed by atoms with Crippen molar-refractivity contribution in [2.45, 2.75) is 0 Å². The Morgan fingerprint density at radius 2 is 0.746 bits per heavy atom. The highest BCUT2D eigenvalue weighted by molar-refractivity contribution is 6.15. The summed E-state index contributed by atoms with van der Waals surface area (Å²) in [6.07, 6.45) is 0. The van der Waals surface area contributed by atoms with Gasteiger partial charge in [0, 0.05) is 38.6 Å². The zero-order valence-electron chi connectivity index (χ0n) is 34.2. The Balaban J connectivity index is 1.04. The summed E-state index contributed by atoms with van der Waals surface area (Å²) in [7, 11) is 0. The van der Waals surface area contributed by atoms with Crippen LogP contribution in [-0.4, -0.2) is 19.5 Å². The molecule has 0 spiro atoms. The molecular weight excluding hydrogens is 765 g/mol. The third kappa shape index (κ3) is 6.36. The number of rotatable bonds is 7. The summed E-state index contributed by atoms with van der Waals surface area (Å²) in [5.41, 5.74) is 13.0. The molecule has 2 aromatic heterocycles. The third-order valence-corrected chi connectivity index (χ3v) is 12.2. The minimum Gasteiger partial charge on any atom is -0.308 e. The zero-order valence-corrected chi connectivity index (χ0v) is 34.2. The first kappa shape index (κ1) is 36.4. The van der Waals surface area contributed by atoms with Crippen LogP contribution in [0, 0.1) is 0 Å². The number of para-hydroxylation sites is 2. The van der Waals surface area contributed by atoms with Gasteiger partial charge >= 0.3 is 0 Å². The highest BCUT2D eigenvalue weighted by Crippen LogP contribution is 2.42. The van der Waals surface area contributed by atoms with E-state index in [9.17, 15) is 0 Å². The van der Waals surface area contributed by atoms with Gasteiger partial charge in [0.2, 0.25) is 0 Å². The Labute approximate surface area is 365 Å². The van der Waals surface area contributed by atoms with Gasteiger partial charge in [-0.1, -0.05) is 200 Å². The summed E-state index contributed by atoms with van der Waals surface area (Å²) in [4.78, 5) is 15.5. The van der Waals surface area contributed by atoms with E-state index in [0.717, 1.165) is 44.6 Å². The lowest BCUT2D eigenvalue weighted by Crippen LogP contribution is -2.02. The van der Waals surface area contributed by atoms with Gasteiger partial charge in [-0.3, -0.25) is 0 Å². The van der Waals surface area contributed by atoms with Crippen LogP contribution in [-0.2, 0) is 0 Å². The van der Waals surface area contributed by atoms with Crippen LogP contribution in [0.2, 0.25) is 0 Å². The largest absolute Gasteiger partial charge is 0.308 e. The number of nitrogens with zero attached hydrogens (tertiary/aromatic N) is 4. The van der Waals surface area contributed by atoms with Crippen LogP contribution in [0.3, 0.4) is 0 Å². The molecule has 0 fully saturated rings. The van der Waals surface area contributed by atoms with Gasteiger partial charge in [-0.25, -0.2) is 15.0 Å². The van der Waals surface area contributed by atoms with E-state index in [1.807, 2.05) is 18.2 Å². The Hall–Kier alpha value is -8.47. The second-order valence-electron chi connectivity index (χ2n) is 16.0. The summed E-state index contributed by atoms with van der Waals surface area (Å²) in [6, 6.07) is 81.8. The molecule has 2 heterocycles. The van der Waals surface area contributed by atoms with Gasteiger partial charge < -0.3 is 4.57 Å². The van der Waals surface area contributed by atoms with E-state index in [2.05, 4.69) is 217 Å². The second-order valence-corrected chi connectivity index (χ2v) is 16.0. The van der Waals surface area contributed by atoms with Crippen molar-refractivity contribution in [1.29, 1.82) is 0 Å². The molecule has 0 aliphatic carbocycles. The molecule has 12 rings (SSSR count). The van der Waals surface area contributed by atoms with Crippen LogP contribution in [0.15, 0.2) is 231 Å². The van der Waals surface area contributed by atoms with Crippen LogP contribution in [0.1, 0.15) is 0 Å². The van der Waals surface area contributed by atoms with E-state index in [-0.39, 0.29) is 0 Å². The highest BCUT2D eigenvalue weighted by atomic mass is 15.0. The Morgan fingerprint density at radius 1 is 0.270 bits per heavy atom. The van der Waals surface area contributed by atoms with Crippen LogP contribution in [0.25, 0.3) is 117 Å². The van der Waals surface area contributed by atoms with E-state index >= 15 is 0 Å². The molecular formula is C59H38N4. The molecule has 0 N–H and O–H groups in total. The van der Waals surface area contributed by atoms with Crippen LogP contribution in [0.5, 0.6) is 0 Å². The Morgan fingerprint density at radius 3 is 1.44 bits per heavy atom. The number of benzene rings is 10. The number of hydrogen-bond donors (Lipinski definition) is 0. The summed E-state index contributed by atoms with van der Waals surface area (Å²) in [5.74, 6) is 1.86. The average molecular weight is 803 g/mol. The molecule has 294 valence electrons. The predicted octanol–water partition coefficient (Wildman–Crippen LogP) is 15.3. The quantitative estimate of drug-likeness (QED) is 0.151. The molecule has 4 heteroatoms. The zero-order chi connectivity index (χ0) is 41.7. The predicted molar refractivity (Wildman–Crippen MR) is 262 cm³/mol. The first-order valence-electron chi connectivity index (χ1n) is 21.4. The number of fused-ring (bicyclic) bond motifs is 6. The normalized spacial score (nSPS) is 11.5. The standard InChI is InChI=1S/C59H38N4/c1-4-17-39(18-5-1)47-28-16-29-51-50-27-14-15-30-54(50)63(56(47)51)55-36-35-45(38-53(55)40-19-6-2-7-20-40)59-61-57(42-21-8-3-9-22-42)60-58(62-59)43-33-31-41(32-34-43)52-37-44-23-10-11-24-46(44)48-25-12-13-26-49(48)52/h1-38H. The molecule has 12 aromatic rings. The van der Waals surface area contributed by atoms with Gasteiger partial charge in [-0.15, -0.1) is 0 Å². The topological polar surface area (TPSA) is 43.6 Å². The lowest BCUT2D eigenvalue weighted by molar-refractivity contribution is 1.07. The molecule has 0 saturated carbocycles. The smallest absolute Gasteiger partial charge is 0.164 e. The van der Waals surface area contributed by atoms with E-state index in [1.165, 1.54) is 54.5 Å². The fraction of sp³-hybridized carbons (Fsp3) is 0. The van der Waals surface area contributed by atoms with Crippen molar-refractivity contribution in [2.75, 3.05) is 0 Å². The maximum Gasteiger partial charge on any atom is 0.164 e. The van der Waals surface area contributed by atoms with Gasteiger partial charge in [0.15, 0.2) is 17.5 Å².